The minimum atomic E-state index is -0.261. The number of aromatic nitrogens is 2. The zero-order valence-corrected chi connectivity index (χ0v) is 12.5. The van der Waals surface area contributed by atoms with Gasteiger partial charge in [-0.3, -0.25) is 4.79 Å². The zero-order valence-electron chi connectivity index (χ0n) is 12.5. The van der Waals surface area contributed by atoms with Crippen molar-refractivity contribution < 1.29 is 9.53 Å². The third-order valence-electron chi connectivity index (χ3n) is 3.69. The fourth-order valence-corrected chi connectivity index (χ4v) is 2.69. The Morgan fingerprint density at radius 1 is 1.23 bits per heavy atom. The second-order valence-corrected chi connectivity index (χ2v) is 5.26. The topological polar surface area (TPSA) is 44.1 Å². The average molecular weight is 294 g/mol. The van der Waals surface area contributed by atoms with Crippen molar-refractivity contribution in [2.45, 2.75) is 26.0 Å². The molecule has 0 aliphatic carbocycles. The molecule has 0 saturated heterocycles. The van der Waals surface area contributed by atoms with Crippen LogP contribution in [0.25, 0.3) is 10.8 Å². The van der Waals surface area contributed by atoms with Crippen molar-refractivity contribution >= 4 is 16.7 Å². The predicted molar refractivity (Wildman–Crippen MR) is 85.3 cm³/mol. The van der Waals surface area contributed by atoms with Crippen LogP contribution in [0.2, 0.25) is 0 Å². The maximum Gasteiger partial charge on any atom is 0.303 e. The number of esters is 1. The van der Waals surface area contributed by atoms with Gasteiger partial charge in [0.05, 0.1) is 6.33 Å². The summed E-state index contributed by atoms with van der Waals surface area (Å²) in [7, 11) is 0. The average Bonchev–Trinajstić information content (AvgIpc) is 3.04. The second-order valence-electron chi connectivity index (χ2n) is 5.26. The molecule has 0 amide bonds. The molecule has 0 bridgehead atoms. The monoisotopic (exact) mass is 294 g/mol. The lowest BCUT2D eigenvalue weighted by Crippen LogP contribution is -2.11. The standard InChI is InChI=1S/C18H18N2O2/c1-14(21)22-18(9-11-20-12-10-19-13-20)17-8-4-6-15-5-2-3-7-16(15)17/h2-8,10,12-13,18H,9,11H2,1H3. The van der Waals surface area contributed by atoms with Gasteiger partial charge in [0.2, 0.25) is 0 Å². The van der Waals surface area contributed by atoms with E-state index < -0.39 is 0 Å². The molecule has 0 fully saturated rings. The van der Waals surface area contributed by atoms with E-state index in [0.29, 0.717) is 6.42 Å². The van der Waals surface area contributed by atoms with E-state index in [4.69, 9.17) is 4.74 Å². The normalized spacial score (nSPS) is 12.2. The van der Waals surface area contributed by atoms with Crippen LogP contribution in [-0.2, 0) is 16.1 Å². The van der Waals surface area contributed by atoms with Gasteiger partial charge in [0, 0.05) is 37.8 Å². The van der Waals surface area contributed by atoms with Crippen LogP contribution >= 0.6 is 0 Å². The minimum Gasteiger partial charge on any atom is -0.458 e. The molecule has 0 spiro atoms. The highest BCUT2D eigenvalue weighted by Crippen LogP contribution is 2.29. The van der Waals surface area contributed by atoms with Gasteiger partial charge in [-0.25, -0.2) is 4.98 Å². The molecular weight excluding hydrogens is 276 g/mol. The first kappa shape index (κ1) is 14.3. The van der Waals surface area contributed by atoms with Crippen LogP contribution in [0.3, 0.4) is 0 Å². The van der Waals surface area contributed by atoms with E-state index in [-0.39, 0.29) is 12.1 Å². The van der Waals surface area contributed by atoms with E-state index in [1.165, 1.54) is 6.92 Å². The van der Waals surface area contributed by atoms with E-state index in [1.807, 2.05) is 35.0 Å². The summed E-state index contributed by atoms with van der Waals surface area (Å²) >= 11 is 0. The molecule has 1 unspecified atom stereocenters. The number of fused-ring (bicyclic) bond motifs is 1. The Kier molecular flexibility index (Phi) is 4.19. The maximum absolute atomic E-state index is 11.5. The molecule has 3 aromatic rings. The summed E-state index contributed by atoms with van der Waals surface area (Å²) in [5.74, 6) is -0.261. The Morgan fingerprint density at radius 2 is 2.05 bits per heavy atom. The van der Waals surface area contributed by atoms with Crippen LogP contribution in [0.4, 0.5) is 0 Å². The van der Waals surface area contributed by atoms with E-state index in [2.05, 4.69) is 23.2 Å². The Balaban J connectivity index is 1.91. The Bertz CT molecular complexity index is 760. The Hall–Kier alpha value is -2.62. The van der Waals surface area contributed by atoms with Crippen molar-refractivity contribution in [3.63, 3.8) is 0 Å². The smallest absolute Gasteiger partial charge is 0.303 e. The van der Waals surface area contributed by atoms with Crippen LogP contribution in [0, 0.1) is 0 Å². The molecule has 2 aromatic carbocycles. The number of nitrogens with zero attached hydrogens (tertiary/aromatic N) is 2. The summed E-state index contributed by atoms with van der Waals surface area (Å²) in [6.45, 7) is 2.20. The van der Waals surface area contributed by atoms with Gasteiger partial charge in [0.1, 0.15) is 6.10 Å². The highest BCUT2D eigenvalue weighted by atomic mass is 16.5. The molecule has 1 atom stereocenters. The van der Waals surface area contributed by atoms with Gasteiger partial charge in [0.25, 0.3) is 0 Å². The number of aryl methyl sites for hydroxylation is 1. The first-order chi connectivity index (χ1) is 10.7. The Morgan fingerprint density at radius 3 is 2.82 bits per heavy atom. The lowest BCUT2D eigenvalue weighted by Gasteiger charge is -2.19. The third-order valence-corrected chi connectivity index (χ3v) is 3.69. The number of hydrogen-bond donors (Lipinski definition) is 0. The van der Waals surface area contributed by atoms with Crippen LogP contribution in [0.5, 0.6) is 0 Å². The van der Waals surface area contributed by atoms with Crippen LogP contribution in [-0.4, -0.2) is 15.5 Å². The molecular formula is C18H18N2O2. The van der Waals surface area contributed by atoms with E-state index >= 15 is 0 Å². The summed E-state index contributed by atoms with van der Waals surface area (Å²) in [5, 5.41) is 2.28. The van der Waals surface area contributed by atoms with Crippen molar-refractivity contribution in [1.82, 2.24) is 9.55 Å². The predicted octanol–water partition coefficient (Wildman–Crippen LogP) is 3.73. The first-order valence-corrected chi connectivity index (χ1v) is 7.34. The summed E-state index contributed by atoms with van der Waals surface area (Å²) < 4.78 is 7.56. The number of benzene rings is 2. The molecule has 0 aliphatic heterocycles. The number of imidazole rings is 1. The van der Waals surface area contributed by atoms with Crippen molar-refractivity contribution in [3.8, 4) is 0 Å². The molecule has 112 valence electrons. The van der Waals surface area contributed by atoms with Gasteiger partial charge in [-0.15, -0.1) is 0 Å². The quantitative estimate of drug-likeness (QED) is 0.673. The van der Waals surface area contributed by atoms with Crippen molar-refractivity contribution in [2.24, 2.45) is 0 Å². The lowest BCUT2D eigenvalue weighted by molar-refractivity contribution is -0.147. The van der Waals surface area contributed by atoms with Gasteiger partial charge in [-0.1, -0.05) is 42.5 Å². The van der Waals surface area contributed by atoms with Gasteiger partial charge in [-0.2, -0.15) is 0 Å². The summed E-state index contributed by atoms with van der Waals surface area (Å²) in [6.07, 6.45) is 5.89. The molecule has 4 nitrogen and oxygen atoms in total. The van der Waals surface area contributed by atoms with Crippen LogP contribution in [0.1, 0.15) is 25.0 Å². The second kappa shape index (κ2) is 6.43. The van der Waals surface area contributed by atoms with Crippen LogP contribution in [0.15, 0.2) is 61.2 Å². The summed E-state index contributed by atoms with van der Waals surface area (Å²) in [5.41, 5.74) is 1.05. The van der Waals surface area contributed by atoms with Crippen molar-refractivity contribution in [1.29, 1.82) is 0 Å². The SMILES string of the molecule is CC(=O)OC(CCn1ccnc1)c1cccc2ccccc12. The van der Waals surface area contributed by atoms with E-state index in [9.17, 15) is 4.79 Å². The lowest BCUT2D eigenvalue weighted by atomic mass is 9.98. The van der Waals surface area contributed by atoms with Crippen LogP contribution < -0.4 is 0 Å². The summed E-state index contributed by atoms with van der Waals surface area (Å²) in [4.78, 5) is 15.5. The number of hydrogen-bond acceptors (Lipinski definition) is 3. The highest BCUT2D eigenvalue weighted by molar-refractivity contribution is 5.86. The summed E-state index contributed by atoms with van der Waals surface area (Å²) in [6, 6.07) is 14.3. The molecule has 4 heteroatoms. The zero-order chi connectivity index (χ0) is 15.4. The van der Waals surface area contributed by atoms with E-state index in [1.54, 1.807) is 12.5 Å². The molecule has 0 radical (unpaired) electrons. The fourth-order valence-electron chi connectivity index (χ4n) is 2.69. The molecule has 0 N–H and O–H groups in total. The fraction of sp³-hybridized carbons (Fsp3) is 0.222. The molecule has 0 aliphatic rings. The van der Waals surface area contributed by atoms with Crippen molar-refractivity contribution in [3.05, 3.63) is 66.7 Å². The minimum absolute atomic E-state index is 0.258. The van der Waals surface area contributed by atoms with E-state index in [0.717, 1.165) is 22.9 Å². The molecule has 0 saturated carbocycles. The number of ether oxygens (including phenoxy) is 1. The van der Waals surface area contributed by atoms with Gasteiger partial charge >= 0.3 is 5.97 Å². The van der Waals surface area contributed by atoms with Gasteiger partial charge in [0.15, 0.2) is 0 Å². The highest BCUT2D eigenvalue weighted by Gasteiger charge is 2.17. The number of carbonyl (C=O) groups is 1. The maximum atomic E-state index is 11.5. The largest absolute Gasteiger partial charge is 0.458 e. The molecule has 1 heterocycles. The Labute approximate surface area is 129 Å². The molecule has 1 aromatic heterocycles. The van der Waals surface area contributed by atoms with Gasteiger partial charge in [-0.05, 0) is 10.8 Å². The number of rotatable bonds is 5. The third kappa shape index (κ3) is 3.17. The van der Waals surface area contributed by atoms with Gasteiger partial charge < -0.3 is 9.30 Å². The molecule has 22 heavy (non-hydrogen) atoms. The molecule has 3 rings (SSSR count). The van der Waals surface area contributed by atoms with Crippen molar-refractivity contribution in [2.75, 3.05) is 0 Å². The first-order valence-electron chi connectivity index (χ1n) is 7.34. The number of carbonyl (C=O) groups excluding carboxylic acids is 1.